The Bertz CT molecular complexity index is 1100. The van der Waals surface area contributed by atoms with Gasteiger partial charge in [-0.05, 0) is 68.9 Å². The predicted molar refractivity (Wildman–Crippen MR) is 127 cm³/mol. The van der Waals surface area contributed by atoms with Gasteiger partial charge in [0.1, 0.15) is 6.33 Å². The van der Waals surface area contributed by atoms with Crippen molar-refractivity contribution in [2.24, 2.45) is 0 Å². The van der Waals surface area contributed by atoms with Gasteiger partial charge in [-0.25, -0.2) is 0 Å². The number of benzene rings is 2. The number of carbonyl (C=O) groups is 1. The van der Waals surface area contributed by atoms with E-state index in [9.17, 15) is 4.79 Å². The maximum absolute atomic E-state index is 13.1. The Balaban J connectivity index is 1.70. The number of aromatic nitrogens is 3. The maximum Gasteiger partial charge on any atom is 0.233 e. The van der Waals surface area contributed by atoms with Crippen LogP contribution in [0.25, 0.3) is 5.69 Å². The van der Waals surface area contributed by atoms with Gasteiger partial charge in [0.25, 0.3) is 0 Å². The number of hydrogen-bond donors (Lipinski definition) is 0. The minimum atomic E-state index is 0.0378. The number of aryl methyl sites for hydroxylation is 2. The van der Waals surface area contributed by atoms with E-state index >= 15 is 0 Å². The van der Waals surface area contributed by atoms with Gasteiger partial charge in [-0.1, -0.05) is 30.0 Å². The average molecular weight is 449 g/mol. The summed E-state index contributed by atoms with van der Waals surface area (Å²) in [5, 5.41) is 18.0. The van der Waals surface area contributed by atoms with Gasteiger partial charge >= 0.3 is 0 Å². The number of amides is 1. The third-order valence-electron chi connectivity index (χ3n) is 5.24. The number of rotatable bonds is 9. The molecule has 166 valence electrons. The summed E-state index contributed by atoms with van der Waals surface area (Å²) in [5.74, 6) is 0.309. The van der Waals surface area contributed by atoms with Crippen molar-refractivity contribution in [1.29, 1.82) is 5.26 Å². The van der Waals surface area contributed by atoms with Gasteiger partial charge in [-0.15, -0.1) is 10.2 Å². The third kappa shape index (κ3) is 6.19. The predicted octanol–water partition coefficient (Wildman–Crippen LogP) is 3.44. The molecule has 3 rings (SSSR count). The third-order valence-corrected chi connectivity index (χ3v) is 6.16. The Morgan fingerprint density at radius 1 is 1.09 bits per heavy atom. The number of hydrogen-bond acceptors (Lipinski definition) is 6. The van der Waals surface area contributed by atoms with Crippen molar-refractivity contribution in [1.82, 2.24) is 24.6 Å². The molecule has 0 unspecified atom stereocenters. The number of thioether (sulfide) groups is 1. The molecule has 1 amide bonds. The molecular formula is C24H28N6OS. The molecule has 0 atom stereocenters. The van der Waals surface area contributed by atoms with E-state index in [0.29, 0.717) is 23.8 Å². The molecule has 0 saturated carbocycles. The molecule has 0 aliphatic rings. The van der Waals surface area contributed by atoms with Crippen LogP contribution in [-0.2, 0) is 11.3 Å². The molecule has 1 heterocycles. The monoisotopic (exact) mass is 448 g/mol. The first kappa shape index (κ1) is 23.5. The van der Waals surface area contributed by atoms with E-state index in [4.69, 9.17) is 5.26 Å². The lowest BCUT2D eigenvalue weighted by Crippen LogP contribution is -2.37. The Morgan fingerprint density at radius 2 is 1.84 bits per heavy atom. The molecule has 0 bridgehead atoms. The highest BCUT2D eigenvalue weighted by Gasteiger charge is 2.17. The molecule has 0 N–H and O–H groups in total. The van der Waals surface area contributed by atoms with Crippen LogP contribution in [0.15, 0.2) is 53.9 Å². The summed E-state index contributed by atoms with van der Waals surface area (Å²) >= 11 is 1.39. The Morgan fingerprint density at radius 3 is 2.50 bits per heavy atom. The number of carbonyl (C=O) groups excluding carboxylic acids is 1. The molecule has 0 aliphatic carbocycles. The molecule has 0 fully saturated rings. The van der Waals surface area contributed by atoms with Crippen LogP contribution >= 0.6 is 11.8 Å². The van der Waals surface area contributed by atoms with Crippen LogP contribution in [0.3, 0.4) is 0 Å². The highest BCUT2D eigenvalue weighted by molar-refractivity contribution is 7.99. The maximum atomic E-state index is 13.1. The van der Waals surface area contributed by atoms with Crippen molar-refractivity contribution < 1.29 is 4.79 Å². The van der Waals surface area contributed by atoms with Gasteiger partial charge in [0, 0.05) is 25.3 Å². The van der Waals surface area contributed by atoms with E-state index in [-0.39, 0.29) is 11.7 Å². The molecule has 32 heavy (non-hydrogen) atoms. The van der Waals surface area contributed by atoms with E-state index in [1.54, 1.807) is 18.5 Å². The van der Waals surface area contributed by atoms with Crippen LogP contribution in [0.4, 0.5) is 0 Å². The summed E-state index contributed by atoms with van der Waals surface area (Å²) in [6, 6.07) is 15.7. The second kappa shape index (κ2) is 10.9. The smallest absolute Gasteiger partial charge is 0.233 e. The van der Waals surface area contributed by atoms with Crippen LogP contribution in [0, 0.1) is 25.2 Å². The molecule has 1 aromatic heterocycles. The molecule has 0 saturated heterocycles. The zero-order valence-corrected chi connectivity index (χ0v) is 19.8. The van der Waals surface area contributed by atoms with Gasteiger partial charge in [-0.2, -0.15) is 5.26 Å². The average Bonchev–Trinajstić information content (AvgIpc) is 3.25. The SMILES string of the molecule is Cc1ccc(-n2cnnc2SCC(=O)N(CCN(C)C)Cc2ccc(C#N)cc2)cc1C. The fraction of sp³-hybridized carbons (Fsp3) is 0.333. The zero-order chi connectivity index (χ0) is 23.1. The van der Waals surface area contributed by atoms with Crippen LogP contribution in [0.1, 0.15) is 22.3 Å². The van der Waals surface area contributed by atoms with Crippen molar-refractivity contribution >= 4 is 17.7 Å². The van der Waals surface area contributed by atoms with Crippen molar-refractivity contribution in [2.45, 2.75) is 25.5 Å². The molecule has 7 nitrogen and oxygen atoms in total. The lowest BCUT2D eigenvalue weighted by molar-refractivity contribution is -0.129. The van der Waals surface area contributed by atoms with Gasteiger partial charge in [-0.3, -0.25) is 9.36 Å². The zero-order valence-electron chi connectivity index (χ0n) is 18.9. The fourth-order valence-electron chi connectivity index (χ4n) is 3.11. The molecule has 0 radical (unpaired) electrons. The van der Waals surface area contributed by atoms with Gasteiger partial charge in [0.05, 0.1) is 17.4 Å². The van der Waals surface area contributed by atoms with Gasteiger partial charge in [0.15, 0.2) is 5.16 Å². The Hall–Kier alpha value is -3.15. The molecule has 2 aromatic carbocycles. The van der Waals surface area contributed by atoms with Gasteiger partial charge < -0.3 is 9.80 Å². The first-order chi connectivity index (χ1) is 15.4. The van der Waals surface area contributed by atoms with E-state index in [1.807, 2.05) is 41.8 Å². The summed E-state index contributed by atoms with van der Waals surface area (Å²) in [4.78, 5) is 17.0. The van der Waals surface area contributed by atoms with Crippen molar-refractivity contribution in [3.63, 3.8) is 0 Å². The second-order valence-electron chi connectivity index (χ2n) is 7.97. The highest BCUT2D eigenvalue weighted by Crippen LogP contribution is 2.22. The number of nitriles is 1. The second-order valence-corrected chi connectivity index (χ2v) is 8.91. The van der Waals surface area contributed by atoms with E-state index < -0.39 is 0 Å². The summed E-state index contributed by atoms with van der Waals surface area (Å²) in [6.45, 7) is 6.05. The lowest BCUT2D eigenvalue weighted by Gasteiger charge is -2.24. The topological polar surface area (TPSA) is 78.1 Å². The van der Waals surface area contributed by atoms with E-state index in [1.165, 1.54) is 22.9 Å². The first-order valence-electron chi connectivity index (χ1n) is 10.4. The standard InChI is InChI=1S/C24H28N6OS/c1-18-5-10-22(13-19(18)2)30-17-26-27-24(30)32-16-23(31)29(12-11-28(3)4)15-21-8-6-20(14-25)7-9-21/h5-10,13,17H,11-12,15-16H2,1-4H3. The van der Waals surface area contributed by atoms with Crippen molar-refractivity contribution in [3.8, 4) is 11.8 Å². The van der Waals surface area contributed by atoms with Crippen LogP contribution < -0.4 is 0 Å². The van der Waals surface area contributed by atoms with Crippen LogP contribution in [0.5, 0.6) is 0 Å². The summed E-state index contributed by atoms with van der Waals surface area (Å²) < 4.78 is 1.91. The Kier molecular flexibility index (Phi) is 8.03. The van der Waals surface area contributed by atoms with Crippen molar-refractivity contribution in [2.75, 3.05) is 32.9 Å². The first-order valence-corrected chi connectivity index (χ1v) is 11.4. The van der Waals surface area contributed by atoms with E-state index in [2.05, 4.69) is 47.1 Å². The van der Waals surface area contributed by atoms with Crippen molar-refractivity contribution in [3.05, 3.63) is 71.0 Å². The quantitative estimate of drug-likeness (QED) is 0.467. The number of likely N-dealkylation sites (N-methyl/N-ethyl adjacent to an activating group) is 1. The van der Waals surface area contributed by atoms with Crippen LogP contribution in [-0.4, -0.2) is 63.4 Å². The lowest BCUT2D eigenvalue weighted by atomic mass is 10.1. The van der Waals surface area contributed by atoms with E-state index in [0.717, 1.165) is 17.8 Å². The fourth-order valence-corrected chi connectivity index (χ4v) is 3.94. The molecule has 8 heteroatoms. The molecule has 0 aliphatic heterocycles. The minimum Gasteiger partial charge on any atom is -0.336 e. The normalized spacial score (nSPS) is 10.9. The largest absolute Gasteiger partial charge is 0.336 e. The van der Waals surface area contributed by atoms with Gasteiger partial charge in [0.2, 0.25) is 5.91 Å². The summed E-state index contributed by atoms with van der Waals surface area (Å²) in [5.41, 5.74) is 5.02. The molecule has 0 spiro atoms. The minimum absolute atomic E-state index is 0.0378. The molecular weight excluding hydrogens is 420 g/mol. The summed E-state index contributed by atoms with van der Waals surface area (Å²) in [7, 11) is 3.98. The Labute approximate surface area is 193 Å². The van der Waals surface area contributed by atoms with Crippen LogP contribution in [0.2, 0.25) is 0 Å². The molecule has 3 aromatic rings. The highest BCUT2D eigenvalue weighted by atomic mass is 32.2. The summed E-state index contributed by atoms with van der Waals surface area (Å²) in [6.07, 6.45) is 1.68. The number of nitrogens with zero attached hydrogens (tertiary/aromatic N) is 6.